The van der Waals surface area contributed by atoms with Crippen molar-refractivity contribution in [3.05, 3.63) is 77.1 Å². The van der Waals surface area contributed by atoms with Crippen LogP contribution in [0.3, 0.4) is 0 Å². The highest BCUT2D eigenvalue weighted by Gasteiger charge is 2.22. The first kappa shape index (κ1) is 32.7. The summed E-state index contributed by atoms with van der Waals surface area (Å²) in [4.78, 5) is 79.0. The number of carbonyl (C=O) groups excluding carboxylic acids is 5. The normalized spacial score (nSPS) is 11.3. The van der Waals surface area contributed by atoms with E-state index >= 15 is 0 Å². The summed E-state index contributed by atoms with van der Waals surface area (Å²) in [6, 6.07) is 11.1. The standard InChI is InChI=1S/C30H31N9O7/c1-45-28(43)19-7-5-17(6-8-19)26(41)33-13-3-4-22(29(44)46-2)36-27(42)18-9-11-21(12-10-18)39(16-40)15-20-14-34-25-23(35-20)24(31)37-30(32)38-25/h5-12,14,16,22H,3-4,13,15H2,1-2H3,(H,33,41)(H,36,42)(H4,31,32,34,37,38)/t22-/m0/s1. The van der Waals surface area contributed by atoms with Gasteiger partial charge in [0, 0.05) is 23.4 Å². The van der Waals surface area contributed by atoms with Crippen LogP contribution in [0.1, 0.15) is 49.6 Å². The number of benzene rings is 2. The number of carbonyl (C=O) groups is 5. The molecular formula is C30H31N9O7. The number of nitrogen functional groups attached to an aromatic ring is 2. The number of aromatic nitrogens is 4. The number of nitrogens with zero attached hydrogens (tertiary/aromatic N) is 5. The van der Waals surface area contributed by atoms with E-state index in [9.17, 15) is 24.0 Å². The molecule has 0 saturated carbocycles. The van der Waals surface area contributed by atoms with Crippen LogP contribution in [0, 0.1) is 0 Å². The van der Waals surface area contributed by atoms with Gasteiger partial charge >= 0.3 is 11.9 Å². The number of anilines is 3. The Kier molecular flexibility index (Phi) is 10.7. The topological polar surface area (TPSA) is 235 Å². The van der Waals surface area contributed by atoms with Crippen molar-refractivity contribution in [3.63, 3.8) is 0 Å². The quantitative estimate of drug-likeness (QED) is 0.0919. The van der Waals surface area contributed by atoms with E-state index in [0.717, 1.165) is 0 Å². The first-order valence-electron chi connectivity index (χ1n) is 13.8. The van der Waals surface area contributed by atoms with Crippen LogP contribution < -0.4 is 27.0 Å². The summed E-state index contributed by atoms with van der Waals surface area (Å²) in [6.45, 7) is 0.258. The fraction of sp³-hybridized carbons (Fsp3) is 0.233. The van der Waals surface area contributed by atoms with Crippen LogP contribution in [-0.4, -0.2) is 76.9 Å². The van der Waals surface area contributed by atoms with Gasteiger partial charge in [-0.15, -0.1) is 0 Å². The van der Waals surface area contributed by atoms with Crippen LogP contribution >= 0.6 is 0 Å². The average molecular weight is 630 g/mol. The Morgan fingerprint density at radius 1 is 0.891 bits per heavy atom. The molecule has 0 bridgehead atoms. The van der Waals surface area contributed by atoms with Gasteiger partial charge in [-0.1, -0.05) is 0 Å². The van der Waals surface area contributed by atoms with E-state index in [1.807, 2.05) is 0 Å². The zero-order valence-corrected chi connectivity index (χ0v) is 24.9. The van der Waals surface area contributed by atoms with E-state index < -0.39 is 23.9 Å². The van der Waals surface area contributed by atoms with Gasteiger partial charge in [0.1, 0.15) is 6.04 Å². The molecule has 238 valence electrons. The highest BCUT2D eigenvalue weighted by atomic mass is 16.5. The van der Waals surface area contributed by atoms with E-state index in [-0.39, 0.29) is 53.9 Å². The van der Waals surface area contributed by atoms with Crippen molar-refractivity contribution in [2.45, 2.75) is 25.4 Å². The minimum atomic E-state index is -0.974. The maximum atomic E-state index is 13.0. The van der Waals surface area contributed by atoms with Gasteiger partial charge in [-0.25, -0.2) is 19.6 Å². The van der Waals surface area contributed by atoms with Gasteiger partial charge in [0.25, 0.3) is 11.8 Å². The molecule has 16 heteroatoms. The van der Waals surface area contributed by atoms with Crippen molar-refractivity contribution in [2.75, 3.05) is 37.1 Å². The lowest BCUT2D eigenvalue weighted by Gasteiger charge is -2.19. The first-order chi connectivity index (χ1) is 22.1. The fourth-order valence-electron chi connectivity index (χ4n) is 4.35. The molecule has 46 heavy (non-hydrogen) atoms. The highest BCUT2D eigenvalue weighted by molar-refractivity contribution is 5.97. The Morgan fingerprint density at radius 2 is 1.54 bits per heavy atom. The Bertz CT molecular complexity index is 1750. The third-order valence-electron chi connectivity index (χ3n) is 6.74. The van der Waals surface area contributed by atoms with Crippen molar-refractivity contribution < 1.29 is 33.4 Å². The van der Waals surface area contributed by atoms with Gasteiger partial charge in [0.2, 0.25) is 12.4 Å². The third kappa shape index (κ3) is 8.04. The second kappa shape index (κ2) is 15.0. The third-order valence-corrected chi connectivity index (χ3v) is 6.74. The monoisotopic (exact) mass is 629 g/mol. The molecule has 0 radical (unpaired) electrons. The molecule has 0 aliphatic rings. The van der Waals surface area contributed by atoms with Crippen LogP contribution in [0.2, 0.25) is 0 Å². The molecule has 4 rings (SSSR count). The zero-order valence-electron chi connectivity index (χ0n) is 24.9. The lowest BCUT2D eigenvalue weighted by atomic mass is 10.1. The molecule has 1 atom stereocenters. The number of methoxy groups -OCH3 is 2. The van der Waals surface area contributed by atoms with Crippen molar-refractivity contribution in [1.82, 2.24) is 30.6 Å². The number of rotatable bonds is 13. The van der Waals surface area contributed by atoms with Gasteiger partial charge in [-0.2, -0.15) is 9.97 Å². The van der Waals surface area contributed by atoms with E-state index in [2.05, 4.69) is 35.3 Å². The van der Waals surface area contributed by atoms with E-state index in [1.54, 1.807) is 12.1 Å². The average Bonchev–Trinajstić information content (AvgIpc) is 3.07. The summed E-state index contributed by atoms with van der Waals surface area (Å²) in [7, 11) is 2.48. The van der Waals surface area contributed by atoms with Crippen LogP contribution in [0.5, 0.6) is 0 Å². The summed E-state index contributed by atoms with van der Waals surface area (Å²) in [6.07, 6.45) is 2.58. The minimum Gasteiger partial charge on any atom is -0.467 e. The number of hydrogen-bond acceptors (Lipinski definition) is 13. The molecule has 0 unspecified atom stereocenters. The summed E-state index contributed by atoms with van der Waals surface area (Å²) in [5.74, 6) is -2.03. The largest absolute Gasteiger partial charge is 0.467 e. The molecule has 2 aromatic heterocycles. The maximum absolute atomic E-state index is 13.0. The van der Waals surface area contributed by atoms with Crippen molar-refractivity contribution >= 4 is 58.8 Å². The summed E-state index contributed by atoms with van der Waals surface area (Å²) >= 11 is 0. The number of esters is 2. The summed E-state index contributed by atoms with van der Waals surface area (Å²) in [5, 5.41) is 5.38. The molecule has 6 N–H and O–H groups in total. The number of nitrogens with two attached hydrogens (primary N) is 2. The molecule has 0 saturated heterocycles. The fourth-order valence-corrected chi connectivity index (χ4v) is 4.35. The summed E-state index contributed by atoms with van der Waals surface area (Å²) < 4.78 is 9.48. The molecule has 0 aliphatic heterocycles. The molecule has 4 aromatic rings. The number of fused-ring (bicyclic) bond motifs is 1. The van der Waals surface area contributed by atoms with Crippen LogP contribution in [-0.2, 0) is 25.6 Å². The molecule has 2 aromatic carbocycles. The predicted molar refractivity (Wildman–Crippen MR) is 165 cm³/mol. The van der Waals surface area contributed by atoms with Crippen LogP contribution in [0.15, 0.2) is 54.7 Å². The van der Waals surface area contributed by atoms with Crippen molar-refractivity contribution in [2.24, 2.45) is 0 Å². The Balaban J connectivity index is 1.32. The maximum Gasteiger partial charge on any atom is 0.337 e. The number of ether oxygens (including phenoxy) is 2. The van der Waals surface area contributed by atoms with Gasteiger partial charge < -0.3 is 36.5 Å². The molecule has 3 amide bonds. The highest BCUT2D eigenvalue weighted by Crippen LogP contribution is 2.19. The number of amides is 3. The van der Waals surface area contributed by atoms with E-state index in [1.165, 1.54) is 61.7 Å². The minimum absolute atomic E-state index is 0.0328. The first-order valence-corrected chi connectivity index (χ1v) is 13.8. The smallest absolute Gasteiger partial charge is 0.337 e. The van der Waals surface area contributed by atoms with Crippen LogP contribution in [0.4, 0.5) is 17.5 Å². The second-order valence-electron chi connectivity index (χ2n) is 9.80. The van der Waals surface area contributed by atoms with Gasteiger partial charge in [0.15, 0.2) is 17.0 Å². The molecule has 16 nitrogen and oxygen atoms in total. The SMILES string of the molecule is COC(=O)c1ccc(C(=O)NCCC[C@H](NC(=O)c2ccc(N(C=O)Cc3cnc4nc(N)nc(N)c4n3)cc2)C(=O)OC)cc1. The molecule has 0 spiro atoms. The van der Waals surface area contributed by atoms with Crippen molar-refractivity contribution in [1.29, 1.82) is 0 Å². The van der Waals surface area contributed by atoms with Crippen LogP contribution in [0.25, 0.3) is 11.2 Å². The van der Waals surface area contributed by atoms with Gasteiger partial charge in [-0.05, 0) is 61.4 Å². The van der Waals surface area contributed by atoms with E-state index in [0.29, 0.717) is 35.3 Å². The molecular weight excluding hydrogens is 598 g/mol. The Morgan fingerprint density at radius 3 is 2.20 bits per heavy atom. The number of hydrogen-bond donors (Lipinski definition) is 4. The zero-order chi connectivity index (χ0) is 33.2. The van der Waals surface area contributed by atoms with E-state index in [4.69, 9.17) is 16.2 Å². The summed E-state index contributed by atoms with van der Waals surface area (Å²) in [5.41, 5.74) is 13.7. The number of nitrogens with one attached hydrogen (secondary N) is 2. The Hall–Kier alpha value is -6.19. The molecule has 2 heterocycles. The predicted octanol–water partition coefficient (Wildman–Crippen LogP) is 1.02. The van der Waals surface area contributed by atoms with Gasteiger partial charge in [-0.3, -0.25) is 14.4 Å². The van der Waals surface area contributed by atoms with Crippen molar-refractivity contribution in [3.8, 4) is 0 Å². The Labute approximate surface area is 262 Å². The molecule has 0 fully saturated rings. The van der Waals surface area contributed by atoms with Gasteiger partial charge in [0.05, 0.1) is 38.2 Å². The lowest BCUT2D eigenvalue weighted by molar-refractivity contribution is -0.143. The second-order valence-corrected chi connectivity index (χ2v) is 9.80. The molecule has 0 aliphatic carbocycles. The lowest BCUT2D eigenvalue weighted by Crippen LogP contribution is -2.42.